The molecule has 0 heterocycles. The molecular formula is C14H21N. The zero-order valence-corrected chi connectivity index (χ0v) is 10.2. The van der Waals surface area contributed by atoms with Gasteiger partial charge in [0.15, 0.2) is 0 Å². The molecule has 2 rings (SSSR count). The van der Waals surface area contributed by atoms with Crippen LogP contribution in [0.3, 0.4) is 0 Å². The molecule has 2 aliphatic rings. The second-order valence-corrected chi connectivity index (χ2v) is 6.03. The third-order valence-corrected chi connectivity index (χ3v) is 4.65. The summed E-state index contributed by atoms with van der Waals surface area (Å²) >= 11 is 0. The van der Waals surface area contributed by atoms with Crippen molar-refractivity contribution in [3.63, 3.8) is 0 Å². The fraction of sp³-hybridized carbons (Fsp3) is 0.786. The smallest absolute Gasteiger partial charge is 0.0694 e. The van der Waals surface area contributed by atoms with Crippen LogP contribution in [-0.2, 0) is 0 Å². The van der Waals surface area contributed by atoms with Crippen molar-refractivity contribution >= 4 is 0 Å². The molecule has 1 nitrogen and oxygen atoms in total. The largest absolute Gasteiger partial charge is 0.198 e. The van der Waals surface area contributed by atoms with Crippen LogP contribution in [0.4, 0.5) is 0 Å². The summed E-state index contributed by atoms with van der Waals surface area (Å²) in [6.45, 7) is 9.10. The summed E-state index contributed by atoms with van der Waals surface area (Å²) in [6.07, 6.45) is 4.78. The predicted octanol–water partition coefficient (Wildman–Crippen LogP) is 3.77. The lowest BCUT2D eigenvalue weighted by Crippen LogP contribution is -2.09. The van der Waals surface area contributed by atoms with E-state index >= 15 is 0 Å². The molecular weight excluding hydrogens is 182 g/mol. The van der Waals surface area contributed by atoms with Gasteiger partial charge in [-0.05, 0) is 42.9 Å². The van der Waals surface area contributed by atoms with Crippen LogP contribution in [-0.4, -0.2) is 0 Å². The van der Waals surface area contributed by atoms with Crippen molar-refractivity contribution < 1.29 is 0 Å². The van der Waals surface area contributed by atoms with Crippen LogP contribution < -0.4 is 0 Å². The van der Waals surface area contributed by atoms with Gasteiger partial charge in [0.05, 0.1) is 12.0 Å². The minimum Gasteiger partial charge on any atom is -0.198 e. The van der Waals surface area contributed by atoms with E-state index in [1.165, 1.54) is 18.4 Å². The second-order valence-electron chi connectivity index (χ2n) is 6.03. The van der Waals surface area contributed by atoms with E-state index in [4.69, 9.17) is 5.26 Å². The molecule has 15 heavy (non-hydrogen) atoms. The monoisotopic (exact) mass is 203 g/mol. The van der Waals surface area contributed by atoms with Gasteiger partial charge in [-0.25, -0.2) is 0 Å². The number of allylic oxidation sites excluding steroid dienone is 2. The van der Waals surface area contributed by atoms with Gasteiger partial charge in [0.2, 0.25) is 0 Å². The normalized spacial score (nSPS) is 41.8. The third-order valence-electron chi connectivity index (χ3n) is 4.65. The fourth-order valence-electron chi connectivity index (χ4n) is 3.31. The Labute approximate surface area is 93.2 Å². The van der Waals surface area contributed by atoms with Gasteiger partial charge in [-0.2, -0.15) is 5.26 Å². The summed E-state index contributed by atoms with van der Waals surface area (Å²) in [7, 11) is 0. The number of fused-ring (bicyclic) bond motifs is 1. The average molecular weight is 203 g/mol. The highest BCUT2D eigenvalue weighted by Gasteiger charge is 2.59. The zero-order chi connectivity index (χ0) is 11.2. The molecule has 4 atom stereocenters. The lowest BCUT2D eigenvalue weighted by Gasteiger charge is -2.21. The Morgan fingerprint density at radius 1 is 1.47 bits per heavy atom. The SMILES string of the molecule is CC(C#N)C=C1CC2C(CC1C)C2(C)C. The lowest BCUT2D eigenvalue weighted by atomic mass is 9.84. The van der Waals surface area contributed by atoms with E-state index in [2.05, 4.69) is 32.9 Å². The van der Waals surface area contributed by atoms with Crippen LogP contribution in [0.25, 0.3) is 0 Å². The van der Waals surface area contributed by atoms with Gasteiger partial charge in [0.1, 0.15) is 0 Å². The second kappa shape index (κ2) is 3.37. The molecule has 0 saturated heterocycles. The first-order valence-electron chi connectivity index (χ1n) is 6.07. The van der Waals surface area contributed by atoms with E-state index in [9.17, 15) is 0 Å². The van der Waals surface area contributed by atoms with Crippen LogP contribution in [0, 0.1) is 40.4 Å². The lowest BCUT2D eigenvalue weighted by molar-refractivity contribution is 0.451. The van der Waals surface area contributed by atoms with E-state index in [1.54, 1.807) is 0 Å². The fourth-order valence-corrected chi connectivity index (χ4v) is 3.31. The average Bonchev–Trinajstić information content (AvgIpc) is 2.69. The molecule has 0 aromatic rings. The summed E-state index contributed by atoms with van der Waals surface area (Å²) in [5.41, 5.74) is 2.11. The van der Waals surface area contributed by atoms with Crippen molar-refractivity contribution in [2.24, 2.45) is 29.1 Å². The number of hydrogen-bond donors (Lipinski definition) is 0. The maximum Gasteiger partial charge on any atom is 0.0694 e. The van der Waals surface area contributed by atoms with E-state index in [-0.39, 0.29) is 5.92 Å². The van der Waals surface area contributed by atoms with Crippen LogP contribution in [0.1, 0.15) is 40.5 Å². The quantitative estimate of drug-likeness (QED) is 0.595. The molecule has 2 fully saturated rings. The van der Waals surface area contributed by atoms with Gasteiger partial charge in [-0.15, -0.1) is 0 Å². The molecule has 0 bridgehead atoms. The number of hydrogen-bond acceptors (Lipinski definition) is 1. The van der Waals surface area contributed by atoms with Gasteiger partial charge in [-0.1, -0.05) is 32.4 Å². The maximum atomic E-state index is 8.84. The number of rotatable bonds is 1. The minimum absolute atomic E-state index is 0.0841. The van der Waals surface area contributed by atoms with E-state index in [1.807, 2.05) is 6.92 Å². The van der Waals surface area contributed by atoms with E-state index in [0.29, 0.717) is 11.3 Å². The van der Waals surface area contributed by atoms with Crippen molar-refractivity contribution in [1.82, 2.24) is 0 Å². The summed E-state index contributed by atoms with van der Waals surface area (Å²) in [6, 6.07) is 2.31. The standard InChI is InChI=1S/C14H21N/c1-9(8-15)5-11-7-13-12(6-10(11)2)14(13,3)4/h5,9-10,12-13H,6-7H2,1-4H3. The highest BCUT2D eigenvalue weighted by atomic mass is 14.6. The molecule has 4 unspecified atom stereocenters. The molecule has 2 saturated carbocycles. The molecule has 0 aromatic carbocycles. The maximum absolute atomic E-state index is 8.84. The Hall–Kier alpha value is -0.770. The first kappa shape index (κ1) is 10.7. The van der Waals surface area contributed by atoms with Crippen molar-refractivity contribution in [2.75, 3.05) is 0 Å². The summed E-state index contributed by atoms with van der Waals surface area (Å²) < 4.78 is 0. The van der Waals surface area contributed by atoms with E-state index in [0.717, 1.165) is 11.8 Å². The third kappa shape index (κ3) is 1.71. The first-order valence-corrected chi connectivity index (χ1v) is 6.07. The highest BCUT2D eigenvalue weighted by Crippen LogP contribution is 2.66. The number of nitriles is 1. The molecule has 0 radical (unpaired) electrons. The van der Waals surface area contributed by atoms with Crippen LogP contribution in [0.5, 0.6) is 0 Å². The van der Waals surface area contributed by atoms with Crippen LogP contribution in [0.2, 0.25) is 0 Å². The summed E-state index contributed by atoms with van der Waals surface area (Å²) in [5.74, 6) is 2.62. The van der Waals surface area contributed by atoms with Crippen LogP contribution >= 0.6 is 0 Å². The van der Waals surface area contributed by atoms with Crippen molar-refractivity contribution in [1.29, 1.82) is 5.26 Å². The Kier molecular flexibility index (Phi) is 2.41. The molecule has 0 amide bonds. The molecule has 0 aliphatic heterocycles. The van der Waals surface area contributed by atoms with Gasteiger partial charge >= 0.3 is 0 Å². The van der Waals surface area contributed by atoms with Crippen molar-refractivity contribution in [3.05, 3.63) is 11.6 Å². The van der Waals surface area contributed by atoms with Crippen molar-refractivity contribution in [2.45, 2.75) is 40.5 Å². The van der Waals surface area contributed by atoms with Gasteiger partial charge in [-0.3, -0.25) is 0 Å². The molecule has 0 spiro atoms. The van der Waals surface area contributed by atoms with E-state index < -0.39 is 0 Å². The zero-order valence-electron chi connectivity index (χ0n) is 10.2. The van der Waals surface area contributed by atoms with Crippen LogP contribution in [0.15, 0.2) is 11.6 Å². The molecule has 0 aromatic heterocycles. The first-order chi connectivity index (χ1) is 6.96. The molecule has 0 N–H and O–H groups in total. The molecule has 1 heteroatoms. The minimum atomic E-state index is 0.0841. The molecule has 2 aliphatic carbocycles. The van der Waals surface area contributed by atoms with Gasteiger partial charge < -0.3 is 0 Å². The predicted molar refractivity (Wildman–Crippen MR) is 62.0 cm³/mol. The van der Waals surface area contributed by atoms with Crippen molar-refractivity contribution in [3.8, 4) is 6.07 Å². The topological polar surface area (TPSA) is 23.8 Å². The Balaban J connectivity index is 2.11. The Morgan fingerprint density at radius 2 is 2.13 bits per heavy atom. The Bertz CT molecular complexity index is 332. The van der Waals surface area contributed by atoms with Gasteiger partial charge in [0.25, 0.3) is 0 Å². The number of nitrogens with zero attached hydrogens (tertiary/aromatic N) is 1. The highest BCUT2D eigenvalue weighted by molar-refractivity contribution is 5.22. The summed E-state index contributed by atoms with van der Waals surface area (Å²) in [4.78, 5) is 0. The van der Waals surface area contributed by atoms with Gasteiger partial charge in [0, 0.05) is 0 Å². The Morgan fingerprint density at radius 3 is 2.73 bits per heavy atom. The molecule has 82 valence electrons. The summed E-state index contributed by atoms with van der Waals surface area (Å²) in [5, 5.41) is 8.84.